The zero-order valence-electron chi connectivity index (χ0n) is 16.9. The van der Waals surface area contributed by atoms with Gasteiger partial charge >= 0.3 is 0 Å². The van der Waals surface area contributed by atoms with Crippen molar-refractivity contribution >= 4 is 0 Å². The lowest BCUT2D eigenvalue weighted by atomic mass is 9.89. The summed E-state index contributed by atoms with van der Waals surface area (Å²) < 4.78 is 0. The molecule has 1 nitrogen and oxygen atoms in total. The highest BCUT2D eigenvalue weighted by molar-refractivity contribution is 5.30. The van der Waals surface area contributed by atoms with Crippen LogP contribution in [0, 0.1) is 6.92 Å². The lowest BCUT2D eigenvalue weighted by Gasteiger charge is -2.17. The zero-order chi connectivity index (χ0) is 18.5. The van der Waals surface area contributed by atoms with Gasteiger partial charge in [-0.1, -0.05) is 101 Å². The summed E-state index contributed by atoms with van der Waals surface area (Å²) in [6.45, 7) is 4.45. The van der Waals surface area contributed by atoms with E-state index in [9.17, 15) is 0 Å². The predicted molar refractivity (Wildman–Crippen MR) is 114 cm³/mol. The SMILES string of the molecule is CCCCCCCCCCCCC(c1ccccc1)c1cc(C)ccn1. The minimum atomic E-state index is 0.435. The first-order valence-electron chi connectivity index (χ1n) is 10.8. The summed E-state index contributed by atoms with van der Waals surface area (Å²) in [6, 6.07) is 15.3. The van der Waals surface area contributed by atoms with E-state index < -0.39 is 0 Å². The van der Waals surface area contributed by atoms with Crippen LogP contribution >= 0.6 is 0 Å². The summed E-state index contributed by atoms with van der Waals surface area (Å²) in [5.74, 6) is 0.435. The maximum Gasteiger partial charge on any atom is 0.0480 e. The summed E-state index contributed by atoms with van der Waals surface area (Å²) in [4.78, 5) is 4.68. The zero-order valence-corrected chi connectivity index (χ0v) is 16.9. The summed E-state index contributed by atoms with van der Waals surface area (Å²) in [5, 5.41) is 0. The van der Waals surface area contributed by atoms with E-state index in [-0.39, 0.29) is 0 Å². The van der Waals surface area contributed by atoms with E-state index in [0.717, 1.165) is 0 Å². The Hall–Kier alpha value is -1.63. The minimum absolute atomic E-state index is 0.435. The predicted octanol–water partition coefficient (Wildman–Crippen LogP) is 7.83. The Bertz CT molecular complexity index is 590. The lowest BCUT2D eigenvalue weighted by molar-refractivity contribution is 0.538. The maximum atomic E-state index is 4.68. The lowest BCUT2D eigenvalue weighted by Crippen LogP contribution is -2.04. The smallest absolute Gasteiger partial charge is 0.0480 e. The van der Waals surface area contributed by atoms with Crippen LogP contribution in [-0.2, 0) is 0 Å². The van der Waals surface area contributed by atoms with Crippen molar-refractivity contribution in [3.63, 3.8) is 0 Å². The molecule has 142 valence electrons. The molecule has 0 aliphatic carbocycles. The molecule has 1 unspecified atom stereocenters. The van der Waals surface area contributed by atoms with Crippen LogP contribution in [0.3, 0.4) is 0 Å². The normalized spacial score (nSPS) is 12.2. The van der Waals surface area contributed by atoms with Crippen LogP contribution in [0.5, 0.6) is 0 Å². The largest absolute Gasteiger partial charge is 0.261 e. The van der Waals surface area contributed by atoms with Crippen molar-refractivity contribution in [1.82, 2.24) is 4.98 Å². The number of nitrogens with zero attached hydrogens (tertiary/aromatic N) is 1. The van der Waals surface area contributed by atoms with Crippen LogP contribution in [-0.4, -0.2) is 4.98 Å². The van der Waals surface area contributed by atoms with Gasteiger partial charge in [-0.3, -0.25) is 4.98 Å². The second-order valence-electron chi connectivity index (χ2n) is 7.69. The van der Waals surface area contributed by atoms with Crippen molar-refractivity contribution < 1.29 is 0 Å². The molecule has 1 atom stereocenters. The van der Waals surface area contributed by atoms with Crippen molar-refractivity contribution in [2.45, 2.75) is 90.4 Å². The van der Waals surface area contributed by atoms with Gasteiger partial charge in [0, 0.05) is 17.8 Å². The molecule has 26 heavy (non-hydrogen) atoms. The highest BCUT2D eigenvalue weighted by Crippen LogP contribution is 2.29. The Morgan fingerprint density at radius 2 is 1.38 bits per heavy atom. The number of rotatable bonds is 13. The molecule has 0 fully saturated rings. The molecule has 0 bridgehead atoms. The molecule has 1 heterocycles. The Morgan fingerprint density at radius 1 is 0.769 bits per heavy atom. The molecule has 2 aromatic rings. The van der Waals surface area contributed by atoms with Crippen LogP contribution in [0.25, 0.3) is 0 Å². The standard InChI is InChI=1S/C25H37N/c1-3-4-5-6-7-8-9-10-11-15-18-24(23-16-13-12-14-17-23)25-21-22(2)19-20-26-25/h12-14,16-17,19-21,24H,3-11,15,18H2,1-2H3. The Kier molecular flexibility index (Phi) is 10.1. The van der Waals surface area contributed by atoms with Gasteiger partial charge in [-0.05, 0) is 36.6 Å². The maximum absolute atomic E-state index is 4.68. The summed E-state index contributed by atoms with van der Waals surface area (Å²) in [5.41, 5.74) is 3.94. The van der Waals surface area contributed by atoms with E-state index in [1.807, 2.05) is 6.20 Å². The molecule has 1 heteroatoms. The van der Waals surface area contributed by atoms with Crippen molar-refractivity contribution in [2.75, 3.05) is 0 Å². The van der Waals surface area contributed by atoms with Gasteiger partial charge in [0.25, 0.3) is 0 Å². The fourth-order valence-corrected chi connectivity index (χ4v) is 3.76. The van der Waals surface area contributed by atoms with E-state index in [2.05, 4.69) is 61.3 Å². The highest BCUT2D eigenvalue weighted by Gasteiger charge is 2.15. The monoisotopic (exact) mass is 351 g/mol. The molecular weight excluding hydrogens is 314 g/mol. The summed E-state index contributed by atoms with van der Waals surface area (Å²) >= 11 is 0. The third-order valence-electron chi connectivity index (χ3n) is 5.34. The second-order valence-corrected chi connectivity index (χ2v) is 7.69. The first kappa shape index (κ1) is 20.7. The number of aromatic nitrogens is 1. The average Bonchev–Trinajstić information content (AvgIpc) is 2.67. The first-order valence-corrected chi connectivity index (χ1v) is 10.8. The van der Waals surface area contributed by atoms with Crippen LogP contribution in [0.4, 0.5) is 0 Å². The molecule has 0 amide bonds. The van der Waals surface area contributed by atoms with E-state index >= 15 is 0 Å². The number of unbranched alkanes of at least 4 members (excludes halogenated alkanes) is 9. The average molecular weight is 352 g/mol. The van der Waals surface area contributed by atoms with Gasteiger partial charge in [-0.15, -0.1) is 0 Å². The Morgan fingerprint density at radius 3 is 2.00 bits per heavy atom. The quantitative estimate of drug-likeness (QED) is 0.335. The molecule has 0 saturated carbocycles. The van der Waals surface area contributed by atoms with Crippen molar-refractivity contribution in [1.29, 1.82) is 0 Å². The van der Waals surface area contributed by atoms with Gasteiger partial charge in [0.05, 0.1) is 0 Å². The molecule has 0 aliphatic heterocycles. The molecule has 1 aromatic heterocycles. The highest BCUT2D eigenvalue weighted by atomic mass is 14.7. The Balaban J connectivity index is 1.74. The van der Waals surface area contributed by atoms with Crippen LogP contribution in [0.1, 0.15) is 100 Å². The van der Waals surface area contributed by atoms with Gasteiger partial charge in [0.15, 0.2) is 0 Å². The van der Waals surface area contributed by atoms with Crippen LogP contribution in [0.15, 0.2) is 48.7 Å². The van der Waals surface area contributed by atoms with Crippen molar-refractivity contribution in [2.24, 2.45) is 0 Å². The number of hydrogen-bond donors (Lipinski definition) is 0. The topological polar surface area (TPSA) is 12.9 Å². The van der Waals surface area contributed by atoms with Gasteiger partial charge in [0.2, 0.25) is 0 Å². The van der Waals surface area contributed by atoms with E-state index in [0.29, 0.717) is 5.92 Å². The van der Waals surface area contributed by atoms with Crippen molar-refractivity contribution in [3.8, 4) is 0 Å². The molecule has 0 aliphatic rings. The fourth-order valence-electron chi connectivity index (χ4n) is 3.76. The van der Waals surface area contributed by atoms with Gasteiger partial charge < -0.3 is 0 Å². The Labute approximate surface area is 161 Å². The minimum Gasteiger partial charge on any atom is -0.261 e. The summed E-state index contributed by atoms with van der Waals surface area (Å²) in [7, 11) is 0. The number of pyridine rings is 1. The molecule has 0 radical (unpaired) electrons. The number of benzene rings is 1. The molecule has 0 N–H and O–H groups in total. The van der Waals surface area contributed by atoms with Crippen molar-refractivity contribution in [3.05, 3.63) is 65.5 Å². The van der Waals surface area contributed by atoms with E-state index in [1.165, 1.54) is 87.4 Å². The van der Waals surface area contributed by atoms with Crippen LogP contribution in [0.2, 0.25) is 0 Å². The second kappa shape index (κ2) is 12.7. The number of hydrogen-bond acceptors (Lipinski definition) is 1. The third kappa shape index (κ3) is 7.72. The molecule has 2 rings (SSSR count). The van der Waals surface area contributed by atoms with Gasteiger partial charge in [-0.2, -0.15) is 0 Å². The van der Waals surface area contributed by atoms with Crippen LogP contribution < -0.4 is 0 Å². The molecule has 1 aromatic carbocycles. The van der Waals surface area contributed by atoms with Gasteiger partial charge in [-0.25, -0.2) is 0 Å². The summed E-state index contributed by atoms with van der Waals surface area (Å²) in [6.07, 6.45) is 17.1. The molecule has 0 saturated heterocycles. The fraction of sp³-hybridized carbons (Fsp3) is 0.560. The van der Waals surface area contributed by atoms with Gasteiger partial charge in [0.1, 0.15) is 0 Å². The number of aryl methyl sites for hydroxylation is 1. The third-order valence-corrected chi connectivity index (χ3v) is 5.34. The molecule has 0 spiro atoms. The molecular formula is C25H37N. The van der Waals surface area contributed by atoms with E-state index in [1.54, 1.807) is 0 Å². The van der Waals surface area contributed by atoms with E-state index in [4.69, 9.17) is 0 Å². The first-order chi connectivity index (χ1) is 12.8.